The van der Waals surface area contributed by atoms with Gasteiger partial charge in [-0.15, -0.1) is 0 Å². The highest BCUT2D eigenvalue weighted by Crippen LogP contribution is 2.30. The van der Waals surface area contributed by atoms with E-state index in [1.54, 1.807) is 7.11 Å². The summed E-state index contributed by atoms with van der Waals surface area (Å²) in [5.74, 6) is 0.182. The molecular weight excluding hydrogens is 192 g/mol. The standard InChI is InChI=1S/C12H16O3/c1-8-6-5-7-10(14-3)11(8)9(2)12(13)15-4/h5-7,9H,1-4H3. The summed E-state index contributed by atoms with van der Waals surface area (Å²) < 4.78 is 9.96. The lowest BCUT2D eigenvalue weighted by molar-refractivity contribution is -0.142. The Morgan fingerprint density at radius 2 is 2.00 bits per heavy atom. The Morgan fingerprint density at radius 3 is 2.53 bits per heavy atom. The largest absolute Gasteiger partial charge is 0.496 e. The van der Waals surface area contributed by atoms with Gasteiger partial charge in [0, 0.05) is 5.56 Å². The van der Waals surface area contributed by atoms with Gasteiger partial charge in [-0.05, 0) is 25.5 Å². The van der Waals surface area contributed by atoms with Crippen molar-refractivity contribution in [3.63, 3.8) is 0 Å². The highest BCUT2D eigenvalue weighted by Gasteiger charge is 2.21. The van der Waals surface area contributed by atoms with Crippen LogP contribution in [0.3, 0.4) is 0 Å². The van der Waals surface area contributed by atoms with Crippen molar-refractivity contribution >= 4 is 5.97 Å². The third-order valence-corrected chi connectivity index (χ3v) is 2.49. The van der Waals surface area contributed by atoms with Crippen LogP contribution in [0.25, 0.3) is 0 Å². The Hall–Kier alpha value is -1.51. The van der Waals surface area contributed by atoms with Crippen molar-refractivity contribution in [2.75, 3.05) is 14.2 Å². The molecule has 0 fully saturated rings. The van der Waals surface area contributed by atoms with Gasteiger partial charge < -0.3 is 9.47 Å². The number of benzene rings is 1. The van der Waals surface area contributed by atoms with Gasteiger partial charge in [0.2, 0.25) is 0 Å². The second-order valence-electron chi connectivity index (χ2n) is 3.44. The number of carbonyl (C=O) groups excluding carboxylic acids is 1. The SMILES string of the molecule is COC(=O)C(C)c1c(C)cccc1OC. The predicted molar refractivity (Wildman–Crippen MR) is 58.2 cm³/mol. The van der Waals surface area contributed by atoms with Gasteiger partial charge in [-0.1, -0.05) is 12.1 Å². The Bertz CT molecular complexity index is 358. The third-order valence-electron chi connectivity index (χ3n) is 2.49. The third kappa shape index (κ3) is 2.29. The zero-order chi connectivity index (χ0) is 11.4. The minimum atomic E-state index is -0.300. The molecule has 0 N–H and O–H groups in total. The first-order chi connectivity index (χ1) is 7.11. The van der Waals surface area contributed by atoms with E-state index in [2.05, 4.69) is 0 Å². The Balaban J connectivity index is 3.16. The lowest BCUT2D eigenvalue weighted by Crippen LogP contribution is -2.13. The normalized spacial score (nSPS) is 12.0. The number of carbonyl (C=O) groups is 1. The summed E-state index contributed by atoms with van der Waals surface area (Å²) in [6, 6.07) is 5.71. The summed E-state index contributed by atoms with van der Waals surface area (Å²) in [7, 11) is 2.99. The molecule has 0 aromatic heterocycles. The average molecular weight is 208 g/mol. The summed E-state index contributed by atoms with van der Waals surface area (Å²) >= 11 is 0. The van der Waals surface area contributed by atoms with E-state index in [1.165, 1.54) is 7.11 Å². The number of rotatable bonds is 3. The van der Waals surface area contributed by atoms with E-state index in [-0.39, 0.29) is 11.9 Å². The van der Waals surface area contributed by atoms with Crippen molar-refractivity contribution in [2.45, 2.75) is 19.8 Å². The summed E-state index contributed by atoms with van der Waals surface area (Å²) in [5.41, 5.74) is 1.93. The van der Waals surface area contributed by atoms with Crippen molar-refractivity contribution in [2.24, 2.45) is 0 Å². The molecule has 1 aromatic carbocycles. The van der Waals surface area contributed by atoms with Crippen LogP contribution in [0, 0.1) is 6.92 Å². The maximum absolute atomic E-state index is 11.5. The Labute approximate surface area is 90.0 Å². The van der Waals surface area contributed by atoms with Gasteiger partial charge >= 0.3 is 5.97 Å². The molecule has 0 aliphatic carbocycles. The second-order valence-corrected chi connectivity index (χ2v) is 3.44. The van der Waals surface area contributed by atoms with Crippen molar-refractivity contribution in [1.29, 1.82) is 0 Å². The number of hydrogen-bond donors (Lipinski definition) is 0. The number of esters is 1. The first-order valence-electron chi connectivity index (χ1n) is 4.83. The van der Waals surface area contributed by atoms with Gasteiger partial charge in [0.05, 0.1) is 20.1 Å². The molecule has 0 heterocycles. The average Bonchev–Trinajstić information content (AvgIpc) is 2.26. The van der Waals surface area contributed by atoms with Crippen LogP contribution in [0.15, 0.2) is 18.2 Å². The molecular formula is C12H16O3. The van der Waals surface area contributed by atoms with Gasteiger partial charge in [-0.3, -0.25) is 4.79 Å². The van der Waals surface area contributed by atoms with Crippen LogP contribution in [0.5, 0.6) is 5.75 Å². The fraction of sp³-hybridized carbons (Fsp3) is 0.417. The molecule has 1 atom stereocenters. The van der Waals surface area contributed by atoms with Gasteiger partial charge in [0.1, 0.15) is 5.75 Å². The van der Waals surface area contributed by atoms with Crippen LogP contribution >= 0.6 is 0 Å². The van der Waals surface area contributed by atoms with E-state index in [0.717, 1.165) is 16.9 Å². The fourth-order valence-corrected chi connectivity index (χ4v) is 1.68. The molecule has 15 heavy (non-hydrogen) atoms. The van der Waals surface area contributed by atoms with Crippen LogP contribution in [-0.2, 0) is 9.53 Å². The van der Waals surface area contributed by atoms with E-state index >= 15 is 0 Å². The van der Waals surface area contributed by atoms with E-state index in [0.29, 0.717) is 0 Å². The number of hydrogen-bond acceptors (Lipinski definition) is 3. The molecule has 0 aliphatic rings. The van der Waals surface area contributed by atoms with E-state index in [9.17, 15) is 4.79 Å². The summed E-state index contributed by atoms with van der Waals surface area (Å²) in [6.45, 7) is 3.77. The molecule has 0 radical (unpaired) electrons. The molecule has 3 heteroatoms. The van der Waals surface area contributed by atoms with Gasteiger partial charge in [-0.25, -0.2) is 0 Å². The molecule has 1 aromatic rings. The van der Waals surface area contributed by atoms with Crippen molar-refractivity contribution in [3.05, 3.63) is 29.3 Å². The maximum Gasteiger partial charge on any atom is 0.313 e. The second kappa shape index (κ2) is 4.82. The molecule has 0 aliphatic heterocycles. The highest BCUT2D eigenvalue weighted by molar-refractivity contribution is 5.79. The van der Waals surface area contributed by atoms with Crippen molar-refractivity contribution < 1.29 is 14.3 Å². The Morgan fingerprint density at radius 1 is 1.33 bits per heavy atom. The zero-order valence-electron chi connectivity index (χ0n) is 9.53. The van der Waals surface area contributed by atoms with Gasteiger partial charge in [-0.2, -0.15) is 0 Å². The predicted octanol–water partition coefficient (Wildman–Crippen LogP) is 2.28. The number of ether oxygens (including phenoxy) is 2. The molecule has 0 amide bonds. The van der Waals surface area contributed by atoms with Crippen LogP contribution in [-0.4, -0.2) is 20.2 Å². The van der Waals surface area contributed by atoms with E-state index in [1.807, 2.05) is 32.0 Å². The van der Waals surface area contributed by atoms with Gasteiger partial charge in [0.15, 0.2) is 0 Å². The van der Waals surface area contributed by atoms with Crippen LogP contribution in [0.1, 0.15) is 24.0 Å². The lowest BCUT2D eigenvalue weighted by atomic mass is 9.95. The monoisotopic (exact) mass is 208 g/mol. The first-order valence-corrected chi connectivity index (χ1v) is 4.83. The molecule has 0 saturated heterocycles. The fourth-order valence-electron chi connectivity index (χ4n) is 1.68. The topological polar surface area (TPSA) is 35.5 Å². The molecule has 1 unspecified atom stereocenters. The highest BCUT2D eigenvalue weighted by atomic mass is 16.5. The molecule has 3 nitrogen and oxygen atoms in total. The summed E-state index contributed by atoms with van der Waals surface area (Å²) in [4.78, 5) is 11.5. The van der Waals surface area contributed by atoms with Crippen LogP contribution < -0.4 is 4.74 Å². The summed E-state index contributed by atoms with van der Waals surface area (Å²) in [6.07, 6.45) is 0. The van der Waals surface area contributed by atoms with Crippen molar-refractivity contribution in [3.8, 4) is 5.75 Å². The molecule has 0 spiro atoms. The van der Waals surface area contributed by atoms with Crippen LogP contribution in [0.2, 0.25) is 0 Å². The minimum Gasteiger partial charge on any atom is -0.496 e. The lowest BCUT2D eigenvalue weighted by Gasteiger charge is -2.16. The van der Waals surface area contributed by atoms with E-state index < -0.39 is 0 Å². The van der Waals surface area contributed by atoms with Crippen LogP contribution in [0.4, 0.5) is 0 Å². The van der Waals surface area contributed by atoms with Crippen molar-refractivity contribution in [1.82, 2.24) is 0 Å². The zero-order valence-corrected chi connectivity index (χ0v) is 9.53. The Kier molecular flexibility index (Phi) is 3.72. The van der Waals surface area contributed by atoms with E-state index in [4.69, 9.17) is 9.47 Å². The number of aryl methyl sites for hydroxylation is 1. The molecule has 1 rings (SSSR count). The van der Waals surface area contributed by atoms with Gasteiger partial charge in [0.25, 0.3) is 0 Å². The first kappa shape index (κ1) is 11.6. The summed E-state index contributed by atoms with van der Waals surface area (Å²) in [5, 5.41) is 0. The maximum atomic E-state index is 11.5. The number of methoxy groups -OCH3 is 2. The molecule has 0 saturated carbocycles. The quantitative estimate of drug-likeness (QED) is 0.715. The molecule has 0 bridgehead atoms. The minimum absolute atomic E-state index is 0.248. The molecule has 82 valence electrons. The smallest absolute Gasteiger partial charge is 0.313 e.